The van der Waals surface area contributed by atoms with Crippen molar-refractivity contribution in [2.45, 2.75) is 39.6 Å². The van der Waals surface area contributed by atoms with E-state index in [2.05, 4.69) is 4.90 Å². The summed E-state index contributed by atoms with van der Waals surface area (Å²) >= 11 is 0. The number of cyclic esters (lactones) is 1. The molecule has 0 radical (unpaired) electrons. The van der Waals surface area contributed by atoms with E-state index in [-0.39, 0.29) is 30.1 Å². The summed E-state index contributed by atoms with van der Waals surface area (Å²) in [5.41, 5.74) is -0.790. The Morgan fingerprint density at radius 1 is 1.35 bits per heavy atom. The van der Waals surface area contributed by atoms with E-state index < -0.39 is 41.8 Å². The third-order valence-electron chi connectivity index (χ3n) is 5.33. The topological polar surface area (TPSA) is 94.5 Å². The molecule has 0 aliphatic carbocycles. The average Bonchev–Trinajstić information content (AvgIpc) is 3.04. The predicted molar refractivity (Wildman–Crippen MR) is 113 cm³/mol. The van der Waals surface area contributed by atoms with Crippen LogP contribution in [0.4, 0.5) is 0 Å². The van der Waals surface area contributed by atoms with E-state index in [4.69, 9.17) is 25.8 Å². The van der Waals surface area contributed by atoms with Crippen molar-refractivity contribution in [2.75, 3.05) is 46.6 Å². The molecule has 2 heterocycles. The van der Waals surface area contributed by atoms with Gasteiger partial charge >= 0.3 is 11.9 Å². The van der Waals surface area contributed by atoms with Crippen LogP contribution < -0.4 is 4.74 Å². The third-order valence-corrected chi connectivity index (χ3v) is 5.33. The summed E-state index contributed by atoms with van der Waals surface area (Å²) in [5.74, 6) is -2.32. The summed E-state index contributed by atoms with van der Waals surface area (Å²) in [6.45, 7) is 0.103. The maximum absolute atomic E-state index is 12.3. The quantitative estimate of drug-likeness (QED) is 0.464. The Hall–Kier alpha value is -2.58. The summed E-state index contributed by atoms with van der Waals surface area (Å²) in [6, 6.07) is 0. The summed E-state index contributed by atoms with van der Waals surface area (Å²) in [5, 5.41) is 10.8. The first-order valence-corrected chi connectivity index (χ1v) is 10.2. The van der Waals surface area contributed by atoms with Gasteiger partial charge in [0.15, 0.2) is 0 Å². The van der Waals surface area contributed by atoms with Gasteiger partial charge in [0.2, 0.25) is 0 Å². The predicted octanol–water partition coefficient (Wildman–Crippen LogP) is 2.52. The molecule has 2 aliphatic heterocycles. The Morgan fingerprint density at radius 3 is 2.84 bits per heavy atom. The average molecular weight is 439 g/mol. The van der Waals surface area contributed by atoms with Crippen molar-refractivity contribution in [3.8, 4) is 11.5 Å². The molecule has 31 heavy (non-hydrogen) atoms. The number of phenols is 1. The van der Waals surface area contributed by atoms with Gasteiger partial charge in [0.1, 0.15) is 30.2 Å². The second kappa shape index (κ2) is 10.6. The minimum atomic E-state index is -2.84. The van der Waals surface area contributed by atoms with Gasteiger partial charge in [0, 0.05) is 41.3 Å². The molecule has 1 N–H and O–H groups in total. The highest BCUT2D eigenvalue weighted by Crippen LogP contribution is 2.42. The largest absolute Gasteiger partial charge is 0.507 e. The van der Waals surface area contributed by atoms with E-state index >= 15 is 0 Å². The standard InChI is InChI=1S/C23H31NO7/c1-15(5-7-19(25)30-13-10-24-8-11-29-12-9-24)4-6-17-21(26)20-18(14-31-23(20)27)16(2)22(17)28-3/h4,26H,5-14H2,1-3H3/b15-4+/i2D3,14D2. The minimum absolute atomic E-state index is 0.0143. The van der Waals surface area contributed by atoms with Crippen molar-refractivity contribution in [1.82, 2.24) is 4.90 Å². The molecule has 1 fully saturated rings. The van der Waals surface area contributed by atoms with Gasteiger partial charge in [0.25, 0.3) is 0 Å². The molecule has 3 rings (SSSR count). The number of benzene rings is 1. The number of fused-ring (bicyclic) bond motifs is 1. The third kappa shape index (κ3) is 5.57. The van der Waals surface area contributed by atoms with Gasteiger partial charge in [-0.3, -0.25) is 9.69 Å². The van der Waals surface area contributed by atoms with E-state index in [1.165, 1.54) is 7.11 Å². The fourth-order valence-electron chi connectivity index (χ4n) is 3.49. The summed E-state index contributed by atoms with van der Waals surface area (Å²) in [4.78, 5) is 26.6. The number of allylic oxidation sites excluding steroid dienone is 2. The molecule has 8 heteroatoms. The first-order valence-electron chi connectivity index (χ1n) is 12.7. The molecule has 8 nitrogen and oxygen atoms in total. The van der Waals surface area contributed by atoms with Gasteiger partial charge < -0.3 is 24.1 Å². The van der Waals surface area contributed by atoms with E-state index in [0.717, 1.165) is 18.7 Å². The van der Waals surface area contributed by atoms with Crippen LogP contribution in [0, 0.1) is 6.85 Å². The fourth-order valence-corrected chi connectivity index (χ4v) is 3.49. The highest BCUT2D eigenvalue weighted by molar-refractivity contribution is 5.98. The smallest absolute Gasteiger partial charge is 0.342 e. The van der Waals surface area contributed by atoms with Crippen LogP contribution in [0.25, 0.3) is 0 Å². The lowest BCUT2D eigenvalue weighted by Crippen LogP contribution is -2.38. The Balaban J connectivity index is 1.72. The molecular weight excluding hydrogens is 402 g/mol. The highest BCUT2D eigenvalue weighted by Gasteiger charge is 2.31. The van der Waals surface area contributed by atoms with Gasteiger partial charge in [-0.2, -0.15) is 0 Å². The summed E-state index contributed by atoms with van der Waals surface area (Å²) in [6.07, 6.45) is 2.19. The molecule has 0 saturated carbocycles. The van der Waals surface area contributed by atoms with Crippen LogP contribution in [0.5, 0.6) is 11.5 Å². The summed E-state index contributed by atoms with van der Waals surface area (Å²) in [7, 11) is 1.20. The van der Waals surface area contributed by atoms with Crippen molar-refractivity contribution in [1.29, 1.82) is 0 Å². The number of esters is 2. The summed E-state index contributed by atoms with van der Waals surface area (Å²) < 4.78 is 60.2. The van der Waals surface area contributed by atoms with Crippen LogP contribution in [0.15, 0.2) is 11.6 Å². The van der Waals surface area contributed by atoms with Crippen LogP contribution in [0.1, 0.15) is 53.7 Å². The Morgan fingerprint density at radius 2 is 2.13 bits per heavy atom. The van der Waals surface area contributed by atoms with Gasteiger partial charge in [0.05, 0.1) is 23.1 Å². The number of hydrogen-bond donors (Lipinski definition) is 1. The molecule has 0 atom stereocenters. The molecule has 0 spiro atoms. The van der Waals surface area contributed by atoms with Crippen molar-refractivity contribution in [3.63, 3.8) is 0 Å². The minimum Gasteiger partial charge on any atom is -0.507 e. The zero-order chi connectivity index (χ0) is 26.7. The lowest BCUT2D eigenvalue weighted by atomic mass is 9.94. The van der Waals surface area contributed by atoms with Crippen LogP contribution in [-0.2, 0) is 32.0 Å². The number of phenolic OH excluding ortho intramolecular Hbond substituents is 1. The maximum atomic E-state index is 12.3. The Kier molecular flexibility index (Phi) is 5.84. The molecule has 2 aliphatic rings. The Labute approximate surface area is 189 Å². The number of ether oxygens (including phenoxy) is 4. The monoisotopic (exact) mass is 438 g/mol. The number of carbonyl (C=O) groups is 2. The van der Waals surface area contributed by atoms with Crippen LogP contribution in [0.3, 0.4) is 0 Å². The van der Waals surface area contributed by atoms with Crippen molar-refractivity contribution >= 4 is 11.9 Å². The molecule has 1 aromatic rings. The molecular formula is C23H31NO7. The number of hydrogen-bond acceptors (Lipinski definition) is 8. The molecule has 0 amide bonds. The van der Waals surface area contributed by atoms with E-state index in [1.54, 1.807) is 13.0 Å². The molecule has 0 aromatic heterocycles. The lowest BCUT2D eigenvalue weighted by molar-refractivity contribution is -0.144. The molecule has 170 valence electrons. The second-order valence-electron chi connectivity index (χ2n) is 7.41. The first-order chi connectivity index (χ1) is 16.9. The van der Waals surface area contributed by atoms with Gasteiger partial charge in [-0.25, -0.2) is 4.79 Å². The van der Waals surface area contributed by atoms with Crippen LogP contribution in [-0.4, -0.2) is 68.5 Å². The number of aromatic hydroxyl groups is 1. The maximum Gasteiger partial charge on any atom is 0.342 e. The zero-order valence-corrected chi connectivity index (χ0v) is 17.8. The molecule has 1 aromatic carbocycles. The van der Waals surface area contributed by atoms with Gasteiger partial charge in [-0.1, -0.05) is 11.6 Å². The second-order valence-corrected chi connectivity index (χ2v) is 7.41. The number of carbonyl (C=O) groups excluding carboxylic acids is 2. The van der Waals surface area contributed by atoms with Gasteiger partial charge in [-0.15, -0.1) is 0 Å². The zero-order valence-electron chi connectivity index (χ0n) is 22.8. The van der Waals surface area contributed by atoms with Crippen LogP contribution in [0.2, 0.25) is 0 Å². The highest BCUT2D eigenvalue weighted by atomic mass is 16.5. The van der Waals surface area contributed by atoms with E-state index in [9.17, 15) is 14.7 Å². The normalized spacial score (nSPS) is 21.2. The number of morpholine rings is 1. The van der Waals surface area contributed by atoms with Crippen LogP contribution >= 0.6 is 0 Å². The lowest BCUT2D eigenvalue weighted by Gasteiger charge is -2.26. The molecule has 0 bridgehead atoms. The molecule has 0 unspecified atom stereocenters. The van der Waals surface area contributed by atoms with E-state index in [0.29, 0.717) is 32.8 Å². The molecule has 1 saturated heterocycles. The van der Waals surface area contributed by atoms with E-state index in [1.807, 2.05) is 0 Å². The SMILES string of the molecule is [2H]C([2H])([2H])c1c(OC)c(C/C=C(\C)CCC(=O)OCCN2CCOCC2)c(O)c2c1C([2H])([2H])OC2=O. The van der Waals surface area contributed by atoms with Gasteiger partial charge in [-0.05, 0) is 32.2 Å². The number of methoxy groups -OCH3 is 1. The fraction of sp³-hybridized carbons (Fsp3) is 0.565. The Bertz CT molecular complexity index is 1030. The van der Waals surface area contributed by atoms with Crippen molar-refractivity contribution in [2.24, 2.45) is 0 Å². The van der Waals surface area contributed by atoms with Crippen molar-refractivity contribution in [3.05, 3.63) is 33.9 Å². The van der Waals surface area contributed by atoms with Crippen molar-refractivity contribution < 1.29 is 40.5 Å². The number of rotatable bonds is 9. The first kappa shape index (κ1) is 17.0. The number of nitrogens with zero attached hydrogens (tertiary/aromatic N) is 1.